The van der Waals surface area contributed by atoms with Gasteiger partial charge in [-0.05, 0) is 23.8 Å². The molecule has 2 heterocycles. The van der Waals surface area contributed by atoms with E-state index in [0.717, 1.165) is 16.5 Å². The number of hydrogen-bond acceptors (Lipinski definition) is 4. The Hall–Kier alpha value is -2.69. The minimum absolute atomic E-state index is 0.171. The van der Waals surface area contributed by atoms with Gasteiger partial charge in [-0.15, -0.1) is 0 Å². The lowest BCUT2D eigenvalue weighted by Crippen LogP contribution is -2.23. The van der Waals surface area contributed by atoms with Gasteiger partial charge in [-0.3, -0.25) is 9.78 Å². The summed E-state index contributed by atoms with van der Waals surface area (Å²) in [5, 5.41) is 5.05. The highest BCUT2D eigenvalue weighted by molar-refractivity contribution is 5.81. The van der Waals surface area contributed by atoms with E-state index in [9.17, 15) is 4.79 Å². The van der Waals surface area contributed by atoms with Crippen LogP contribution in [0.15, 0.2) is 53.5 Å². The molecular weight excluding hydrogens is 240 g/mol. The predicted octanol–water partition coefficient (Wildman–Crippen LogP) is 1.42. The molecule has 0 unspecified atom stereocenters. The monoisotopic (exact) mass is 252 g/mol. The van der Waals surface area contributed by atoms with E-state index in [1.165, 1.54) is 16.8 Å². The first-order valence-corrected chi connectivity index (χ1v) is 5.90. The second-order valence-electron chi connectivity index (χ2n) is 4.24. The molecule has 3 aromatic rings. The molecule has 0 radical (unpaired) electrons. The maximum Gasteiger partial charge on any atom is 0.267 e. The number of para-hydroxylation sites is 1. The van der Waals surface area contributed by atoms with Crippen LogP contribution in [-0.2, 0) is 6.54 Å². The van der Waals surface area contributed by atoms with E-state index in [1.807, 2.05) is 30.3 Å². The van der Waals surface area contributed by atoms with E-state index in [4.69, 9.17) is 5.73 Å². The zero-order valence-electron chi connectivity index (χ0n) is 10.2. The molecule has 5 heteroatoms. The van der Waals surface area contributed by atoms with Crippen LogP contribution in [-0.4, -0.2) is 14.8 Å². The van der Waals surface area contributed by atoms with Crippen LogP contribution in [0.5, 0.6) is 0 Å². The number of hydrogen-bond donors (Lipinski definition) is 1. The fourth-order valence-electron chi connectivity index (χ4n) is 2.03. The number of anilines is 1. The fourth-order valence-corrected chi connectivity index (χ4v) is 2.03. The van der Waals surface area contributed by atoms with Crippen molar-refractivity contribution in [1.82, 2.24) is 14.8 Å². The lowest BCUT2D eigenvalue weighted by Gasteiger charge is -2.07. The Labute approximate surface area is 109 Å². The number of rotatable bonds is 2. The van der Waals surface area contributed by atoms with Crippen molar-refractivity contribution in [3.05, 3.63) is 64.6 Å². The molecule has 2 aromatic heterocycles. The van der Waals surface area contributed by atoms with Crippen LogP contribution in [0.3, 0.4) is 0 Å². The second kappa shape index (κ2) is 4.53. The summed E-state index contributed by atoms with van der Waals surface area (Å²) in [6, 6.07) is 12.6. The first-order chi connectivity index (χ1) is 9.24. The summed E-state index contributed by atoms with van der Waals surface area (Å²) in [7, 11) is 0. The van der Waals surface area contributed by atoms with E-state index < -0.39 is 0 Å². The van der Waals surface area contributed by atoms with Crippen molar-refractivity contribution in [3.8, 4) is 0 Å². The average molecular weight is 252 g/mol. The third-order valence-electron chi connectivity index (χ3n) is 2.95. The summed E-state index contributed by atoms with van der Waals surface area (Å²) in [4.78, 5) is 16.0. The van der Waals surface area contributed by atoms with Gasteiger partial charge in [0.2, 0.25) is 0 Å². The largest absolute Gasteiger partial charge is 0.382 e. The van der Waals surface area contributed by atoms with E-state index in [-0.39, 0.29) is 5.56 Å². The molecule has 0 bridgehead atoms. The van der Waals surface area contributed by atoms with E-state index in [2.05, 4.69) is 10.1 Å². The molecule has 2 N–H and O–H groups in total. The first-order valence-electron chi connectivity index (χ1n) is 5.90. The zero-order valence-corrected chi connectivity index (χ0v) is 10.2. The van der Waals surface area contributed by atoms with E-state index in [0.29, 0.717) is 12.4 Å². The van der Waals surface area contributed by atoms with Crippen molar-refractivity contribution in [1.29, 1.82) is 0 Å². The van der Waals surface area contributed by atoms with Crippen molar-refractivity contribution in [2.24, 2.45) is 0 Å². The van der Waals surface area contributed by atoms with Gasteiger partial charge in [0.1, 0.15) is 5.82 Å². The Bertz CT molecular complexity index is 789. The van der Waals surface area contributed by atoms with Crippen molar-refractivity contribution < 1.29 is 0 Å². The minimum Gasteiger partial charge on any atom is -0.382 e. The van der Waals surface area contributed by atoms with Gasteiger partial charge in [0.15, 0.2) is 0 Å². The third kappa shape index (κ3) is 2.18. The average Bonchev–Trinajstić information content (AvgIpc) is 2.43. The molecule has 5 nitrogen and oxygen atoms in total. The number of nitrogens with two attached hydrogens (primary N) is 1. The molecule has 0 aliphatic heterocycles. The van der Waals surface area contributed by atoms with Crippen molar-refractivity contribution in [3.63, 3.8) is 0 Å². The van der Waals surface area contributed by atoms with Gasteiger partial charge in [0.25, 0.3) is 5.56 Å². The number of aromatic nitrogens is 3. The maximum atomic E-state index is 11.7. The van der Waals surface area contributed by atoms with Gasteiger partial charge < -0.3 is 5.73 Å². The zero-order chi connectivity index (χ0) is 13.2. The minimum atomic E-state index is -0.171. The van der Waals surface area contributed by atoms with Crippen molar-refractivity contribution in [2.75, 3.05) is 5.73 Å². The smallest absolute Gasteiger partial charge is 0.267 e. The molecule has 0 saturated heterocycles. The molecule has 0 saturated carbocycles. The molecular formula is C14H12N4O. The molecule has 0 aliphatic carbocycles. The third-order valence-corrected chi connectivity index (χ3v) is 2.95. The SMILES string of the molecule is Nc1ccc(=O)n(Cc2ccnc3ccccc23)n1. The summed E-state index contributed by atoms with van der Waals surface area (Å²) in [6.07, 6.45) is 1.73. The fraction of sp³-hybridized carbons (Fsp3) is 0.0714. The molecule has 94 valence electrons. The number of nitrogen functional groups attached to an aromatic ring is 1. The second-order valence-corrected chi connectivity index (χ2v) is 4.24. The summed E-state index contributed by atoms with van der Waals surface area (Å²) < 4.78 is 1.36. The van der Waals surface area contributed by atoms with Gasteiger partial charge in [0.05, 0.1) is 12.1 Å². The summed E-state index contributed by atoms with van der Waals surface area (Å²) in [5.74, 6) is 0.331. The Morgan fingerprint density at radius 1 is 1.11 bits per heavy atom. The predicted molar refractivity (Wildman–Crippen MR) is 73.8 cm³/mol. The summed E-state index contributed by atoms with van der Waals surface area (Å²) in [6.45, 7) is 0.382. The van der Waals surface area contributed by atoms with Gasteiger partial charge in [-0.2, -0.15) is 5.10 Å². The van der Waals surface area contributed by atoms with Crippen molar-refractivity contribution in [2.45, 2.75) is 6.54 Å². The van der Waals surface area contributed by atoms with Crippen LogP contribution in [0.1, 0.15) is 5.56 Å². The van der Waals surface area contributed by atoms with Gasteiger partial charge in [0, 0.05) is 17.6 Å². The van der Waals surface area contributed by atoms with Crippen LogP contribution in [0.2, 0.25) is 0 Å². The quantitative estimate of drug-likeness (QED) is 0.748. The Morgan fingerprint density at radius 3 is 2.84 bits per heavy atom. The Morgan fingerprint density at radius 2 is 1.95 bits per heavy atom. The number of fused-ring (bicyclic) bond motifs is 1. The van der Waals surface area contributed by atoms with Crippen LogP contribution >= 0.6 is 0 Å². The van der Waals surface area contributed by atoms with Crippen LogP contribution in [0.25, 0.3) is 10.9 Å². The number of pyridine rings is 1. The highest BCUT2D eigenvalue weighted by Gasteiger charge is 2.04. The van der Waals surface area contributed by atoms with Crippen molar-refractivity contribution >= 4 is 16.7 Å². The summed E-state index contributed by atoms with van der Waals surface area (Å²) >= 11 is 0. The van der Waals surface area contributed by atoms with Crippen LogP contribution < -0.4 is 11.3 Å². The Kier molecular flexibility index (Phi) is 2.72. The molecule has 0 atom stereocenters. The number of benzene rings is 1. The molecule has 19 heavy (non-hydrogen) atoms. The highest BCUT2D eigenvalue weighted by atomic mass is 16.1. The molecule has 1 aromatic carbocycles. The van der Waals surface area contributed by atoms with Gasteiger partial charge in [-0.1, -0.05) is 18.2 Å². The number of nitrogens with zero attached hydrogens (tertiary/aromatic N) is 3. The Balaban J connectivity index is 2.11. The maximum absolute atomic E-state index is 11.7. The topological polar surface area (TPSA) is 73.8 Å². The van der Waals surface area contributed by atoms with Gasteiger partial charge in [-0.25, -0.2) is 4.68 Å². The normalized spacial score (nSPS) is 10.7. The summed E-state index contributed by atoms with van der Waals surface area (Å²) in [5.41, 5.74) is 7.33. The standard InChI is InChI=1S/C14H12N4O/c15-13-5-6-14(19)18(17-13)9-10-7-8-16-12-4-2-1-3-11(10)12/h1-8H,9H2,(H2,15,17). The van der Waals surface area contributed by atoms with Crippen LogP contribution in [0.4, 0.5) is 5.82 Å². The lowest BCUT2D eigenvalue weighted by molar-refractivity contribution is 0.646. The highest BCUT2D eigenvalue weighted by Crippen LogP contribution is 2.16. The van der Waals surface area contributed by atoms with E-state index >= 15 is 0 Å². The lowest BCUT2D eigenvalue weighted by atomic mass is 10.1. The molecule has 0 fully saturated rings. The molecule has 0 aliphatic rings. The first kappa shape index (κ1) is 11.4. The van der Waals surface area contributed by atoms with Crippen LogP contribution in [0, 0.1) is 0 Å². The molecule has 0 amide bonds. The molecule has 0 spiro atoms. The van der Waals surface area contributed by atoms with E-state index in [1.54, 1.807) is 6.20 Å². The van der Waals surface area contributed by atoms with Gasteiger partial charge >= 0.3 is 0 Å². The molecule has 3 rings (SSSR count).